The third kappa shape index (κ3) is 3.94. The average molecular weight is 303 g/mol. The van der Waals surface area contributed by atoms with Gasteiger partial charge in [0.25, 0.3) is 0 Å². The number of nitrogen functional groups attached to an aromatic ring is 1. The second kappa shape index (κ2) is 6.71. The maximum Gasteiger partial charge on any atom is 0.246 e. The van der Waals surface area contributed by atoms with E-state index in [-0.39, 0.29) is 23.2 Å². The fraction of sp³-hybridized carbons (Fsp3) is 0.636. The SMILES string of the molecule is CCCn1cc(S(=O)(=O)NCC(=O)N(C)CC)c(N)n1. The molecular weight excluding hydrogens is 282 g/mol. The van der Waals surface area contributed by atoms with Gasteiger partial charge < -0.3 is 10.6 Å². The van der Waals surface area contributed by atoms with Gasteiger partial charge in [0.2, 0.25) is 15.9 Å². The van der Waals surface area contributed by atoms with E-state index in [1.807, 2.05) is 6.92 Å². The summed E-state index contributed by atoms with van der Waals surface area (Å²) in [4.78, 5) is 12.9. The van der Waals surface area contributed by atoms with Gasteiger partial charge in [0.1, 0.15) is 4.90 Å². The number of rotatable bonds is 7. The average Bonchev–Trinajstić information content (AvgIpc) is 2.77. The summed E-state index contributed by atoms with van der Waals surface area (Å²) in [5, 5.41) is 3.92. The minimum absolute atomic E-state index is 0.0674. The number of aryl methyl sites for hydroxylation is 1. The zero-order chi connectivity index (χ0) is 15.3. The molecule has 1 rings (SSSR count). The molecule has 0 radical (unpaired) electrons. The van der Waals surface area contributed by atoms with E-state index in [1.165, 1.54) is 15.8 Å². The molecule has 1 aromatic rings. The third-order valence-electron chi connectivity index (χ3n) is 2.81. The number of carbonyl (C=O) groups excluding carboxylic acids is 1. The lowest BCUT2D eigenvalue weighted by Gasteiger charge is -2.14. The first-order valence-corrected chi connectivity index (χ1v) is 7.86. The van der Waals surface area contributed by atoms with E-state index >= 15 is 0 Å². The van der Waals surface area contributed by atoms with Crippen LogP contribution in [-0.2, 0) is 21.4 Å². The minimum atomic E-state index is -3.83. The molecule has 0 spiro atoms. The van der Waals surface area contributed by atoms with Gasteiger partial charge >= 0.3 is 0 Å². The molecule has 9 heteroatoms. The molecule has 0 fully saturated rings. The second-order valence-corrected chi connectivity index (χ2v) is 6.11. The van der Waals surface area contributed by atoms with Gasteiger partial charge in [-0.25, -0.2) is 13.1 Å². The summed E-state index contributed by atoms with van der Waals surface area (Å²) in [5.74, 6) is -0.377. The largest absolute Gasteiger partial charge is 0.381 e. The topological polar surface area (TPSA) is 110 Å². The Morgan fingerprint density at radius 2 is 2.15 bits per heavy atom. The number of likely N-dealkylation sites (N-methyl/N-ethyl adjacent to an activating group) is 1. The Labute approximate surface area is 119 Å². The number of anilines is 1. The van der Waals surface area contributed by atoms with E-state index in [0.717, 1.165) is 6.42 Å². The Bertz CT molecular complexity index is 567. The van der Waals surface area contributed by atoms with Crippen LogP contribution in [0.3, 0.4) is 0 Å². The Morgan fingerprint density at radius 1 is 1.50 bits per heavy atom. The van der Waals surface area contributed by atoms with Crippen LogP contribution < -0.4 is 10.5 Å². The number of sulfonamides is 1. The van der Waals surface area contributed by atoms with Crippen molar-refractivity contribution >= 4 is 21.7 Å². The van der Waals surface area contributed by atoms with Gasteiger partial charge in [-0.3, -0.25) is 9.48 Å². The van der Waals surface area contributed by atoms with Crippen LogP contribution in [0.25, 0.3) is 0 Å². The van der Waals surface area contributed by atoms with Gasteiger partial charge in [0.05, 0.1) is 6.54 Å². The fourth-order valence-corrected chi connectivity index (χ4v) is 2.56. The van der Waals surface area contributed by atoms with Gasteiger partial charge in [0.15, 0.2) is 5.82 Å². The number of carbonyl (C=O) groups is 1. The van der Waals surface area contributed by atoms with Crippen molar-refractivity contribution < 1.29 is 13.2 Å². The van der Waals surface area contributed by atoms with E-state index < -0.39 is 10.0 Å². The van der Waals surface area contributed by atoms with E-state index in [2.05, 4.69) is 9.82 Å². The standard InChI is InChI=1S/C11H21N5O3S/c1-4-6-16-8-9(11(12)14-16)20(18,19)13-7-10(17)15(3)5-2/h8,13H,4-7H2,1-3H3,(H2,12,14). The highest BCUT2D eigenvalue weighted by atomic mass is 32.2. The lowest BCUT2D eigenvalue weighted by atomic mass is 10.5. The Kier molecular flexibility index (Phi) is 5.52. The van der Waals surface area contributed by atoms with Crippen molar-refractivity contribution in [3.63, 3.8) is 0 Å². The molecule has 1 amide bonds. The van der Waals surface area contributed by atoms with Crippen LogP contribution in [0.5, 0.6) is 0 Å². The number of hydrogen-bond donors (Lipinski definition) is 2. The molecular formula is C11H21N5O3S. The lowest BCUT2D eigenvalue weighted by molar-refractivity contribution is -0.128. The van der Waals surface area contributed by atoms with Crippen LogP contribution in [-0.4, -0.2) is 49.1 Å². The molecule has 0 aliphatic carbocycles. The van der Waals surface area contributed by atoms with Crippen LogP contribution in [0.4, 0.5) is 5.82 Å². The molecule has 0 saturated carbocycles. The van der Waals surface area contributed by atoms with Crippen LogP contribution in [0, 0.1) is 0 Å². The van der Waals surface area contributed by atoms with Crippen molar-refractivity contribution in [3.05, 3.63) is 6.20 Å². The predicted molar refractivity (Wildman–Crippen MR) is 75.4 cm³/mol. The molecule has 1 aromatic heterocycles. The van der Waals surface area contributed by atoms with E-state index in [4.69, 9.17) is 5.73 Å². The first-order chi connectivity index (χ1) is 9.31. The van der Waals surface area contributed by atoms with Crippen molar-refractivity contribution in [1.29, 1.82) is 0 Å². The first kappa shape index (κ1) is 16.4. The summed E-state index contributed by atoms with van der Waals surface area (Å²) in [6.07, 6.45) is 2.18. The quantitative estimate of drug-likeness (QED) is 0.714. The Hall–Kier alpha value is -1.61. The summed E-state index contributed by atoms with van der Waals surface area (Å²) in [6, 6.07) is 0. The van der Waals surface area contributed by atoms with E-state index in [9.17, 15) is 13.2 Å². The van der Waals surface area contributed by atoms with Gasteiger partial charge in [-0.2, -0.15) is 5.10 Å². The zero-order valence-electron chi connectivity index (χ0n) is 12.0. The number of hydrogen-bond acceptors (Lipinski definition) is 5. The summed E-state index contributed by atoms with van der Waals surface area (Å²) in [6.45, 7) is 4.54. The van der Waals surface area contributed by atoms with Crippen molar-refractivity contribution in [2.45, 2.75) is 31.7 Å². The smallest absolute Gasteiger partial charge is 0.246 e. The van der Waals surface area contributed by atoms with Crippen LogP contribution >= 0.6 is 0 Å². The number of nitrogens with zero attached hydrogens (tertiary/aromatic N) is 3. The summed E-state index contributed by atoms with van der Waals surface area (Å²) < 4.78 is 27.9. The molecule has 1 heterocycles. The van der Waals surface area contributed by atoms with Crippen molar-refractivity contribution in [2.75, 3.05) is 25.9 Å². The van der Waals surface area contributed by atoms with Crippen LogP contribution in [0.15, 0.2) is 11.1 Å². The molecule has 8 nitrogen and oxygen atoms in total. The molecule has 20 heavy (non-hydrogen) atoms. The molecule has 3 N–H and O–H groups in total. The number of amides is 1. The molecule has 0 saturated heterocycles. The third-order valence-corrected chi connectivity index (χ3v) is 4.23. The summed E-state index contributed by atoms with van der Waals surface area (Å²) >= 11 is 0. The van der Waals surface area contributed by atoms with Gasteiger partial charge in [-0.1, -0.05) is 6.92 Å². The second-order valence-electron chi connectivity index (χ2n) is 4.37. The lowest BCUT2D eigenvalue weighted by Crippen LogP contribution is -2.38. The molecule has 0 aliphatic rings. The number of nitrogens with one attached hydrogen (secondary N) is 1. The molecule has 0 atom stereocenters. The molecule has 0 bridgehead atoms. The van der Waals surface area contributed by atoms with Crippen LogP contribution in [0.2, 0.25) is 0 Å². The normalized spacial score (nSPS) is 11.6. The highest BCUT2D eigenvalue weighted by Gasteiger charge is 2.22. The molecule has 0 aliphatic heterocycles. The molecule has 0 aromatic carbocycles. The number of nitrogens with two attached hydrogens (primary N) is 1. The summed E-state index contributed by atoms with van der Waals surface area (Å²) in [5.41, 5.74) is 5.60. The van der Waals surface area contributed by atoms with E-state index in [1.54, 1.807) is 14.0 Å². The van der Waals surface area contributed by atoms with Crippen molar-refractivity contribution in [2.24, 2.45) is 0 Å². The van der Waals surface area contributed by atoms with Gasteiger partial charge in [0, 0.05) is 26.3 Å². The monoisotopic (exact) mass is 303 g/mol. The first-order valence-electron chi connectivity index (χ1n) is 6.38. The maximum atomic E-state index is 12.1. The Morgan fingerprint density at radius 3 is 2.70 bits per heavy atom. The minimum Gasteiger partial charge on any atom is -0.381 e. The highest BCUT2D eigenvalue weighted by Crippen LogP contribution is 2.15. The summed E-state index contributed by atoms with van der Waals surface area (Å²) in [7, 11) is -2.23. The molecule has 0 unspecified atom stereocenters. The van der Waals surface area contributed by atoms with Crippen molar-refractivity contribution in [3.8, 4) is 0 Å². The molecule has 114 valence electrons. The fourth-order valence-electron chi connectivity index (χ4n) is 1.51. The van der Waals surface area contributed by atoms with Crippen molar-refractivity contribution in [1.82, 2.24) is 19.4 Å². The van der Waals surface area contributed by atoms with Crippen LogP contribution in [0.1, 0.15) is 20.3 Å². The highest BCUT2D eigenvalue weighted by molar-refractivity contribution is 7.89. The Balaban J connectivity index is 2.81. The van der Waals surface area contributed by atoms with Gasteiger partial charge in [-0.15, -0.1) is 0 Å². The zero-order valence-corrected chi connectivity index (χ0v) is 12.8. The predicted octanol–water partition coefficient (Wildman–Crippen LogP) is -0.368. The van der Waals surface area contributed by atoms with E-state index in [0.29, 0.717) is 13.1 Å². The maximum absolute atomic E-state index is 12.1. The number of aromatic nitrogens is 2. The van der Waals surface area contributed by atoms with Gasteiger partial charge in [-0.05, 0) is 13.3 Å².